The van der Waals surface area contributed by atoms with Crippen molar-refractivity contribution >= 4 is 23.1 Å². The van der Waals surface area contributed by atoms with Crippen LogP contribution in [0.1, 0.15) is 13.3 Å². The summed E-state index contributed by atoms with van der Waals surface area (Å²) in [5.74, 6) is 0.732. The Labute approximate surface area is 141 Å². The normalized spacial score (nSPS) is 16.0. The van der Waals surface area contributed by atoms with Gasteiger partial charge in [-0.25, -0.2) is 0 Å². The van der Waals surface area contributed by atoms with Crippen LogP contribution in [-0.4, -0.2) is 54.4 Å². The zero-order valence-electron chi connectivity index (χ0n) is 13.9. The number of benzene rings is 2. The van der Waals surface area contributed by atoms with E-state index in [9.17, 15) is 9.59 Å². The highest BCUT2D eigenvalue weighted by molar-refractivity contribution is 5.89. The number of rotatable bonds is 5. The zero-order chi connectivity index (χ0) is 16.9. The topological polar surface area (TPSA) is 49.9 Å². The second-order valence-corrected chi connectivity index (χ2v) is 5.96. The maximum absolute atomic E-state index is 12.8. The maximum atomic E-state index is 12.8. The van der Waals surface area contributed by atoms with Gasteiger partial charge in [-0.3, -0.25) is 9.59 Å². The van der Waals surface area contributed by atoms with E-state index in [0.29, 0.717) is 32.6 Å². The van der Waals surface area contributed by atoms with Gasteiger partial charge in [0, 0.05) is 31.6 Å². The van der Waals surface area contributed by atoms with Crippen molar-refractivity contribution in [2.24, 2.45) is 0 Å². The molecular formula is C19H22N2O3. The lowest BCUT2D eigenvalue weighted by Crippen LogP contribution is -2.51. The summed E-state index contributed by atoms with van der Waals surface area (Å²) in [4.78, 5) is 27.0. The molecule has 126 valence electrons. The Bertz CT molecular complexity index is 718. The smallest absolute Gasteiger partial charge is 0.263 e. The molecule has 3 rings (SSSR count). The molecule has 0 radical (unpaired) electrons. The fourth-order valence-electron chi connectivity index (χ4n) is 3.01. The molecule has 0 spiro atoms. The maximum Gasteiger partial charge on any atom is 0.263 e. The lowest BCUT2D eigenvalue weighted by atomic mass is 10.1. The molecule has 5 nitrogen and oxygen atoms in total. The fraction of sp³-hybridized carbons (Fsp3) is 0.368. The molecular weight excluding hydrogens is 304 g/mol. The number of carbonyl (C=O) groups is 2. The predicted molar refractivity (Wildman–Crippen MR) is 92.9 cm³/mol. The summed E-state index contributed by atoms with van der Waals surface area (Å²) in [6, 6.07) is 13.9. The molecule has 1 heterocycles. The van der Waals surface area contributed by atoms with Crippen LogP contribution in [0, 0.1) is 0 Å². The Balaban J connectivity index is 1.74. The van der Waals surface area contributed by atoms with Crippen molar-refractivity contribution in [3.8, 4) is 5.75 Å². The van der Waals surface area contributed by atoms with Crippen LogP contribution in [0.2, 0.25) is 0 Å². The van der Waals surface area contributed by atoms with Crippen LogP contribution in [0.3, 0.4) is 0 Å². The summed E-state index contributed by atoms with van der Waals surface area (Å²) in [5, 5.41) is 2.11. The first-order valence-corrected chi connectivity index (χ1v) is 8.35. The Morgan fingerprint density at radius 3 is 2.54 bits per heavy atom. The standard InChI is InChI=1S/C19H22N2O3/c1-2-17(19(23)21-12-10-20(14-22)11-13-21)24-18-9-5-7-15-6-3-4-8-16(15)18/h3-9,14,17H,2,10-13H2,1H3/t17-/m1/s1. The van der Waals surface area contributed by atoms with E-state index in [4.69, 9.17) is 4.74 Å². The van der Waals surface area contributed by atoms with Crippen LogP contribution in [0.4, 0.5) is 0 Å². The van der Waals surface area contributed by atoms with Gasteiger partial charge in [0.2, 0.25) is 6.41 Å². The highest BCUT2D eigenvalue weighted by Crippen LogP contribution is 2.27. The average Bonchev–Trinajstić information content (AvgIpc) is 2.65. The predicted octanol–water partition coefficient (Wildman–Crippen LogP) is 2.30. The summed E-state index contributed by atoms with van der Waals surface area (Å²) in [7, 11) is 0. The molecule has 0 bridgehead atoms. The third-order valence-corrected chi connectivity index (χ3v) is 4.44. The van der Waals surface area contributed by atoms with Gasteiger partial charge >= 0.3 is 0 Å². The minimum atomic E-state index is -0.501. The van der Waals surface area contributed by atoms with Crippen molar-refractivity contribution in [1.82, 2.24) is 9.80 Å². The molecule has 2 aromatic rings. The molecule has 24 heavy (non-hydrogen) atoms. The number of hydrogen-bond donors (Lipinski definition) is 0. The van der Waals surface area contributed by atoms with Gasteiger partial charge in [-0.1, -0.05) is 43.3 Å². The van der Waals surface area contributed by atoms with E-state index in [2.05, 4.69) is 0 Å². The molecule has 0 saturated carbocycles. The first-order valence-electron chi connectivity index (χ1n) is 8.35. The molecule has 0 N–H and O–H groups in total. The number of amides is 2. The minimum Gasteiger partial charge on any atom is -0.480 e. The van der Waals surface area contributed by atoms with Gasteiger partial charge in [0.05, 0.1) is 0 Å². The van der Waals surface area contributed by atoms with E-state index >= 15 is 0 Å². The monoisotopic (exact) mass is 326 g/mol. The summed E-state index contributed by atoms with van der Waals surface area (Å²) >= 11 is 0. The van der Waals surface area contributed by atoms with Crippen LogP contribution in [0.15, 0.2) is 42.5 Å². The number of piperazine rings is 1. The summed E-state index contributed by atoms with van der Waals surface area (Å²) in [5.41, 5.74) is 0. The number of carbonyl (C=O) groups excluding carboxylic acids is 2. The molecule has 0 unspecified atom stereocenters. The van der Waals surface area contributed by atoms with E-state index in [1.54, 1.807) is 9.80 Å². The average molecular weight is 326 g/mol. The Hall–Kier alpha value is -2.56. The van der Waals surface area contributed by atoms with Gasteiger partial charge in [0.15, 0.2) is 6.10 Å². The van der Waals surface area contributed by atoms with Gasteiger partial charge in [-0.2, -0.15) is 0 Å². The van der Waals surface area contributed by atoms with Crippen molar-refractivity contribution < 1.29 is 14.3 Å². The number of ether oxygens (including phenoxy) is 1. The summed E-state index contributed by atoms with van der Waals surface area (Å²) in [6.07, 6.45) is 0.945. The third-order valence-electron chi connectivity index (χ3n) is 4.44. The second-order valence-electron chi connectivity index (χ2n) is 5.96. The molecule has 2 amide bonds. The van der Waals surface area contributed by atoms with Crippen LogP contribution < -0.4 is 4.74 Å². The van der Waals surface area contributed by atoms with Gasteiger partial charge in [0.1, 0.15) is 5.75 Å². The van der Waals surface area contributed by atoms with Crippen LogP contribution >= 0.6 is 0 Å². The lowest BCUT2D eigenvalue weighted by Gasteiger charge is -2.34. The molecule has 0 aliphatic carbocycles. The van der Waals surface area contributed by atoms with Crippen molar-refractivity contribution in [3.63, 3.8) is 0 Å². The Kier molecular flexibility index (Phi) is 4.99. The van der Waals surface area contributed by atoms with Gasteiger partial charge in [0.25, 0.3) is 5.91 Å². The van der Waals surface area contributed by atoms with Crippen molar-refractivity contribution in [2.45, 2.75) is 19.4 Å². The van der Waals surface area contributed by atoms with E-state index in [0.717, 1.165) is 22.9 Å². The van der Waals surface area contributed by atoms with Crippen LogP contribution in [0.5, 0.6) is 5.75 Å². The van der Waals surface area contributed by atoms with E-state index in [-0.39, 0.29) is 5.91 Å². The second kappa shape index (κ2) is 7.34. The molecule has 2 aromatic carbocycles. The first-order chi connectivity index (χ1) is 11.7. The summed E-state index contributed by atoms with van der Waals surface area (Å²) < 4.78 is 6.07. The van der Waals surface area contributed by atoms with Crippen molar-refractivity contribution in [3.05, 3.63) is 42.5 Å². The molecule has 0 aromatic heterocycles. The van der Waals surface area contributed by atoms with Crippen molar-refractivity contribution in [2.75, 3.05) is 26.2 Å². The Morgan fingerprint density at radius 1 is 1.12 bits per heavy atom. The lowest BCUT2D eigenvalue weighted by molar-refractivity contribution is -0.142. The van der Waals surface area contributed by atoms with E-state index in [1.807, 2.05) is 49.4 Å². The fourth-order valence-corrected chi connectivity index (χ4v) is 3.01. The van der Waals surface area contributed by atoms with Gasteiger partial charge in [-0.05, 0) is 17.9 Å². The molecule has 1 fully saturated rings. The molecule has 1 aliphatic heterocycles. The number of hydrogen-bond acceptors (Lipinski definition) is 3. The highest BCUT2D eigenvalue weighted by Gasteiger charge is 2.27. The third kappa shape index (κ3) is 3.35. The van der Waals surface area contributed by atoms with Gasteiger partial charge < -0.3 is 14.5 Å². The number of nitrogens with zero attached hydrogens (tertiary/aromatic N) is 2. The quantitative estimate of drug-likeness (QED) is 0.792. The molecule has 1 saturated heterocycles. The first kappa shape index (κ1) is 16.3. The zero-order valence-corrected chi connectivity index (χ0v) is 13.9. The highest BCUT2D eigenvalue weighted by atomic mass is 16.5. The van der Waals surface area contributed by atoms with E-state index in [1.165, 1.54) is 0 Å². The molecule has 5 heteroatoms. The van der Waals surface area contributed by atoms with Crippen LogP contribution in [-0.2, 0) is 9.59 Å². The molecule has 1 atom stereocenters. The largest absolute Gasteiger partial charge is 0.480 e. The molecule has 1 aliphatic rings. The number of fused-ring (bicyclic) bond motifs is 1. The minimum absolute atomic E-state index is 0.00372. The summed E-state index contributed by atoms with van der Waals surface area (Å²) in [6.45, 7) is 4.25. The Morgan fingerprint density at radius 2 is 1.83 bits per heavy atom. The van der Waals surface area contributed by atoms with Crippen molar-refractivity contribution in [1.29, 1.82) is 0 Å². The van der Waals surface area contributed by atoms with Gasteiger partial charge in [-0.15, -0.1) is 0 Å². The van der Waals surface area contributed by atoms with E-state index < -0.39 is 6.10 Å². The van der Waals surface area contributed by atoms with Crippen LogP contribution in [0.25, 0.3) is 10.8 Å². The SMILES string of the molecule is CC[C@@H](Oc1cccc2ccccc12)C(=O)N1CCN(C=O)CC1.